The van der Waals surface area contributed by atoms with Crippen LogP contribution in [0.25, 0.3) is 167 Å². The molecule has 0 spiro atoms. The van der Waals surface area contributed by atoms with Gasteiger partial charge in [0.05, 0.1) is 57.0 Å². The van der Waals surface area contributed by atoms with E-state index in [2.05, 4.69) is 234 Å². The minimum Gasteiger partial charge on any atom is -0.309 e. The van der Waals surface area contributed by atoms with Crippen molar-refractivity contribution < 1.29 is 0 Å². The molecule has 3 aromatic heterocycles. The van der Waals surface area contributed by atoms with Crippen LogP contribution in [0.1, 0.15) is 16.7 Å². The van der Waals surface area contributed by atoms with Crippen LogP contribution in [-0.4, -0.2) is 24.1 Å². The van der Waals surface area contributed by atoms with Crippen molar-refractivity contribution in [1.82, 2.24) is 24.1 Å². The first kappa shape index (κ1) is 58.0. The van der Waals surface area contributed by atoms with Crippen molar-refractivity contribution in [3.63, 3.8) is 0 Å². The molecule has 17 aromatic rings. The molecule has 0 bridgehead atoms. The standard InChI is InChI=1S/C90H54N8/c91-55-58-18-15-29-68(46-58)78-53-73(97-84-42-34-64(60-20-5-1-6-21-60)49-80(84)81-50-65(35-43-85(81)97)61-22-7-2-8-23-61)38-40-76(78)89-94-88(71-32-17-31-70(48-71)75-33-14-13-28-72(75)57-93)95-90(96-89)77-41-39-74(54-79(77)69-30-16-19-59(47-69)56-92)98-86-44-36-66(62-24-9-3-10-25-62)51-82(86)83-52-67(37-45-87(83)98)63-26-11-4-12-27-63/h1-54H. The van der Waals surface area contributed by atoms with E-state index in [9.17, 15) is 15.8 Å². The highest BCUT2D eigenvalue weighted by atomic mass is 15.0. The van der Waals surface area contributed by atoms with Gasteiger partial charge in [-0.15, -0.1) is 0 Å². The Bertz CT molecular complexity index is 5630. The Morgan fingerprint density at radius 3 is 0.939 bits per heavy atom. The first-order valence-corrected chi connectivity index (χ1v) is 32.5. The van der Waals surface area contributed by atoms with Crippen LogP contribution in [0, 0.1) is 34.0 Å². The SMILES string of the molecule is N#Cc1cccc(-c2cc(-n3c4ccc(-c5ccccc5)cc4c4cc(-c5ccccc5)ccc43)ccc2-c2nc(-c3cccc(-c4ccccc4C#N)c3)nc(-c3ccc(-n4c5ccc(-c6ccccc6)cc5c5cc(-c6ccccc6)ccc54)cc3-c3cccc(C#N)c3)n2)c1. The lowest BCUT2D eigenvalue weighted by molar-refractivity contribution is 1.07. The van der Waals surface area contributed by atoms with Crippen LogP contribution in [0.4, 0.5) is 0 Å². The molecule has 17 rings (SSSR count). The van der Waals surface area contributed by atoms with Crippen LogP contribution in [0.5, 0.6) is 0 Å². The highest BCUT2D eigenvalue weighted by Crippen LogP contribution is 2.44. The molecule has 0 aliphatic rings. The monoisotopic (exact) mass is 1250 g/mol. The molecule has 8 nitrogen and oxygen atoms in total. The van der Waals surface area contributed by atoms with E-state index in [1.807, 2.05) is 121 Å². The second-order valence-corrected chi connectivity index (χ2v) is 24.5. The zero-order valence-corrected chi connectivity index (χ0v) is 52.8. The van der Waals surface area contributed by atoms with Gasteiger partial charge in [-0.25, -0.2) is 15.0 Å². The van der Waals surface area contributed by atoms with Gasteiger partial charge in [-0.05, 0) is 199 Å². The topological polar surface area (TPSA) is 120 Å². The number of nitriles is 3. The molecule has 0 unspecified atom stereocenters. The fraction of sp³-hybridized carbons (Fsp3) is 0. The Kier molecular flexibility index (Phi) is 14.5. The molecule has 14 aromatic carbocycles. The van der Waals surface area contributed by atoms with E-state index in [1.165, 1.54) is 0 Å². The number of benzene rings is 14. The molecule has 8 heteroatoms. The third-order valence-corrected chi connectivity index (χ3v) is 18.7. The van der Waals surface area contributed by atoms with Gasteiger partial charge in [0.25, 0.3) is 0 Å². The van der Waals surface area contributed by atoms with Crippen LogP contribution >= 0.6 is 0 Å². The summed E-state index contributed by atoms with van der Waals surface area (Å²) in [6.07, 6.45) is 0. The summed E-state index contributed by atoms with van der Waals surface area (Å²) < 4.78 is 4.66. The molecule has 0 aliphatic heterocycles. The van der Waals surface area contributed by atoms with Gasteiger partial charge in [-0.3, -0.25) is 0 Å². The van der Waals surface area contributed by atoms with E-state index in [-0.39, 0.29) is 0 Å². The van der Waals surface area contributed by atoms with Gasteiger partial charge >= 0.3 is 0 Å². The number of rotatable bonds is 12. The van der Waals surface area contributed by atoms with E-state index in [0.717, 1.165) is 133 Å². The summed E-state index contributed by atoms with van der Waals surface area (Å²) in [5.74, 6) is 1.19. The lowest BCUT2D eigenvalue weighted by atomic mass is 9.95. The van der Waals surface area contributed by atoms with Crippen LogP contribution in [0.3, 0.4) is 0 Å². The van der Waals surface area contributed by atoms with Crippen LogP contribution in [0.15, 0.2) is 328 Å². The van der Waals surface area contributed by atoms with E-state index in [0.29, 0.717) is 50.9 Å². The maximum absolute atomic E-state index is 10.5. The van der Waals surface area contributed by atoms with Crippen LogP contribution in [-0.2, 0) is 0 Å². The molecule has 0 amide bonds. The summed E-state index contributed by atoms with van der Waals surface area (Å²) in [7, 11) is 0. The lowest BCUT2D eigenvalue weighted by Gasteiger charge is -2.17. The summed E-state index contributed by atoms with van der Waals surface area (Å²) >= 11 is 0. The molecule has 0 atom stereocenters. The van der Waals surface area contributed by atoms with Gasteiger partial charge in [0.1, 0.15) is 0 Å². The summed E-state index contributed by atoms with van der Waals surface area (Å²) in [6.45, 7) is 0. The molecule has 0 saturated carbocycles. The zero-order chi connectivity index (χ0) is 65.6. The second-order valence-electron chi connectivity index (χ2n) is 24.5. The Balaban J connectivity index is 0.902. The first-order chi connectivity index (χ1) is 48.4. The van der Waals surface area contributed by atoms with E-state index in [4.69, 9.17) is 15.0 Å². The zero-order valence-electron chi connectivity index (χ0n) is 52.8. The fourth-order valence-electron chi connectivity index (χ4n) is 14.0. The smallest absolute Gasteiger partial charge is 0.164 e. The maximum atomic E-state index is 10.5. The summed E-state index contributed by atoms with van der Waals surface area (Å²) in [5, 5.41) is 35.9. The number of hydrogen-bond acceptors (Lipinski definition) is 6. The molecule has 0 aliphatic carbocycles. The van der Waals surface area contributed by atoms with Crippen LogP contribution < -0.4 is 0 Å². The van der Waals surface area contributed by atoms with Crippen LogP contribution in [0.2, 0.25) is 0 Å². The quantitative estimate of drug-likeness (QED) is 0.120. The van der Waals surface area contributed by atoms with Gasteiger partial charge < -0.3 is 9.13 Å². The predicted molar refractivity (Wildman–Crippen MR) is 397 cm³/mol. The minimum absolute atomic E-state index is 0.394. The maximum Gasteiger partial charge on any atom is 0.164 e. The molecule has 0 saturated heterocycles. The van der Waals surface area contributed by atoms with E-state index >= 15 is 0 Å². The number of hydrogen-bond donors (Lipinski definition) is 0. The third kappa shape index (κ3) is 10.5. The molecule has 3 heterocycles. The first-order valence-electron chi connectivity index (χ1n) is 32.5. The Hall–Kier alpha value is -13.8. The van der Waals surface area contributed by atoms with Gasteiger partial charge in [0.2, 0.25) is 0 Å². The predicted octanol–water partition coefficient (Wildman–Crippen LogP) is 22.4. The van der Waals surface area contributed by atoms with Gasteiger partial charge in [0.15, 0.2) is 17.5 Å². The average Bonchev–Trinajstić information content (AvgIpc) is 1.58. The molecular formula is C90H54N8. The van der Waals surface area contributed by atoms with E-state index < -0.39 is 0 Å². The Morgan fingerprint density at radius 2 is 0.551 bits per heavy atom. The minimum atomic E-state index is 0.394. The third-order valence-electron chi connectivity index (χ3n) is 18.7. The highest BCUT2D eigenvalue weighted by Gasteiger charge is 2.24. The summed E-state index contributed by atoms with van der Waals surface area (Å²) in [5.41, 5.74) is 23.4. The highest BCUT2D eigenvalue weighted by molar-refractivity contribution is 6.13. The Morgan fingerprint density at radius 1 is 0.214 bits per heavy atom. The lowest BCUT2D eigenvalue weighted by Crippen LogP contribution is -2.04. The number of fused-ring (bicyclic) bond motifs is 6. The largest absolute Gasteiger partial charge is 0.309 e. The van der Waals surface area contributed by atoms with Crippen molar-refractivity contribution in [2.75, 3.05) is 0 Å². The normalized spacial score (nSPS) is 11.2. The van der Waals surface area contributed by atoms with Crippen molar-refractivity contribution in [1.29, 1.82) is 15.8 Å². The van der Waals surface area contributed by atoms with Crippen molar-refractivity contribution in [3.05, 3.63) is 344 Å². The molecule has 0 N–H and O–H groups in total. The van der Waals surface area contributed by atoms with E-state index in [1.54, 1.807) is 0 Å². The number of aromatic nitrogens is 5. The Labute approximate surface area is 566 Å². The number of nitrogens with zero attached hydrogens (tertiary/aromatic N) is 8. The van der Waals surface area contributed by atoms with Gasteiger partial charge in [-0.1, -0.05) is 206 Å². The molecule has 0 fully saturated rings. The van der Waals surface area contributed by atoms with Gasteiger partial charge in [-0.2, -0.15) is 15.8 Å². The molecule has 0 radical (unpaired) electrons. The summed E-state index contributed by atoms with van der Waals surface area (Å²) in [4.78, 5) is 16.6. The van der Waals surface area contributed by atoms with Crippen molar-refractivity contribution in [2.45, 2.75) is 0 Å². The fourth-order valence-corrected chi connectivity index (χ4v) is 14.0. The molecule has 454 valence electrons. The van der Waals surface area contributed by atoms with Gasteiger partial charge in [0, 0.05) is 49.6 Å². The van der Waals surface area contributed by atoms with Crippen molar-refractivity contribution >= 4 is 43.6 Å². The average molecular weight is 1250 g/mol. The van der Waals surface area contributed by atoms with Crippen molar-refractivity contribution in [2.24, 2.45) is 0 Å². The van der Waals surface area contributed by atoms with Crippen molar-refractivity contribution in [3.8, 4) is 142 Å². The second kappa shape index (κ2) is 24.6. The molecule has 98 heavy (non-hydrogen) atoms. The summed E-state index contributed by atoms with van der Waals surface area (Å²) in [6, 6.07) is 120. The molecular weight excluding hydrogens is 1190 g/mol.